The van der Waals surface area contributed by atoms with Crippen molar-refractivity contribution in [1.29, 1.82) is 0 Å². The van der Waals surface area contributed by atoms with E-state index in [0.29, 0.717) is 5.69 Å². The number of hydrogen-bond acceptors (Lipinski definition) is 2. The van der Waals surface area contributed by atoms with Crippen LogP contribution in [-0.2, 0) is 9.59 Å². The van der Waals surface area contributed by atoms with Gasteiger partial charge in [-0.15, -0.1) is 0 Å². The molecule has 2 N–H and O–H groups in total. The molecule has 17 heavy (non-hydrogen) atoms. The van der Waals surface area contributed by atoms with Gasteiger partial charge >= 0.3 is 5.97 Å². The predicted molar refractivity (Wildman–Crippen MR) is 68.8 cm³/mol. The molecule has 4 nitrogen and oxygen atoms in total. The highest BCUT2D eigenvalue weighted by Gasteiger charge is 2.30. The summed E-state index contributed by atoms with van der Waals surface area (Å²) in [4.78, 5) is 22.5. The lowest BCUT2D eigenvalue weighted by Gasteiger charge is -2.18. The van der Waals surface area contributed by atoms with Crippen LogP contribution in [0.3, 0.4) is 0 Å². The van der Waals surface area contributed by atoms with Crippen molar-refractivity contribution in [2.24, 2.45) is 5.41 Å². The Hall–Kier alpha value is -1.36. The van der Waals surface area contributed by atoms with Gasteiger partial charge in [-0.05, 0) is 38.1 Å². The van der Waals surface area contributed by atoms with Crippen LogP contribution in [0.25, 0.3) is 0 Å². The molecule has 0 atom stereocenters. The first-order chi connectivity index (χ1) is 7.81. The number of benzene rings is 1. The molecule has 0 aliphatic carbocycles. The second-order valence-corrected chi connectivity index (χ2v) is 5.34. The third-order valence-corrected chi connectivity index (χ3v) is 2.84. The SMILES string of the molecule is CC(C)(CC(=O)Nc1ccc(Br)cc1)C(=O)O. The van der Waals surface area contributed by atoms with Crippen molar-refractivity contribution >= 4 is 33.5 Å². The number of rotatable bonds is 4. The van der Waals surface area contributed by atoms with Crippen LogP contribution in [0.2, 0.25) is 0 Å². The average Bonchev–Trinajstić information content (AvgIpc) is 2.20. The molecular formula is C12H14BrNO3. The number of carbonyl (C=O) groups is 2. The molecule has 0 fully saturated rings. The zero-order valence-electron chi connectivity index (χ0n) is 9.66. The average molecular weight is 300 g/mol. The van der Waals surface area contributed by atoms with E-state index in [1.807, 2.05) is 0 Å². The van der Waals surface area contributed by atoms with Crippen molar-refractivity contribution in [1.82, 2.24) is 0 Å². The minimum absolute atomic E-state index is 0.0571. The predicted octanol–water partition coefficient (Wildman–Crippen LogP) is 2.89. The van der Waals surface area contributed by atoms with Crippen molar-refractivity contribution in [3.8, 4) is 0 Å². The second-order valence-electron chi connectivity index (χ2n) is 4.42. The normalized spacial score (nSPS) is 11.0. The summed E-state index contributed by atoms with van der Waals surface area (Å²) in [6, 6.07) is 7.10. The molecule has 1 aromatic rings. The zero-order chi connectivity index (χ0) is 13.1. The fourth-order valence-electron chi connectivity index (χ4n) is 1.22. The molecule has 0 unspecified atom stereocenters. The molecule has 0 aromatic heterocycles. The molecule has 0 heterocycles. The number of aliphatic carboxylic acids is 1. The third-order valence-electron chi connectivity index (χ3n) is 2.31. The number of hydrogen-bond donors (Lipinski definition) is 2. The van der Waals surface area contributed by atoms with E-state index in [1.165, 1.54) is 13.8 Å². The number of carbonyl (C=O) groups excluding carboxylic acids is 1. The molecule has 1 aromatic carbocycles. The number of carboxylic acid groups (broad SMARTS) is 1. The summed E-state index contributed by atoms with van der Waals surface area (Å²) < 4.78 is 0.918. The van der Waals surface area contributed by atoms with Crippen molar-refractivity contribution in [2.75, 3.05) is 5.32 Å². The van der Waals surface area contributed by atoms with Gasteiger partial charge in [0, 0.05) is 16.6 Å². The van der Waals surface area contributed by atoms with Crippen LogP contribution in [0, 0.1) is 5.41 Å². The first-order valence-electron chi connectivity index (χ1n) is 5.10. The Morgan fingerprint density at radius 2 is 1.82 bits per heavy atom. The molecule has 0 aliphatic rings. The minimum atomic E-state index is -1.06. The highest BCUT2D eigenvalue weighted by Crippen LogP contribution is 2.21. The topological polar surface area (TPSA) is 66.4 Å². The quantitative estimate of drug-likeness (QED) is 0.898. The molecular weight excluding hydrogens is 286 g/mol. The minimum Gasteiger partial charge on any atom is -0.481 e. The third kappa shape index (κ3) is 4.19. The van der Waals surface area contributed by atoms with Crippen LogP contribution in [0.5, 0.6) is 0 Å². The van der Waals surface area contributed by atoms with Gasteiger partial charge in [0.1, 0.15) is 0 Å². The highest BCUT2D eigenvalue weighted by molar-refractivity contribution is 9.10. The summed E-state index contributed by atoms with van der Waals surface area (Å²) in [5.41, 5.74) is -0.404. The number of halogens is 1. The lowest BCUT2D eigenvalue weighted by molar-refractivity contribution is -0.148. The molecule has 0 saturated heterocycles. The smallest absolute Gasteiger partial charge is 0.309 e. The Morgan fingerprint density at radius 1 is 1.29 bits per heavy atom. The summed E-state index contributed by atoms with van der Waals surface area (Å²) in [6.45, 7) is 3.05. The fourth-order valence-corrected chi connectivity index (χ4v) is 1.48. The van der Waals surface area contributed by atoms with E-state index in [-0.39, 0.29) is 12.3 Å². The van der Waals surface area contributed by atoms with E-state index in [9.17, 15) is 9.59 Å². The van der Waals surface area contributed by atoms with Gasteiger partial charge in [-0.1, -0.05) is 15.9 Å². The van der Waals surface area contributed by atoms with E-state index >= 15 is 0 Å². The van der Waals surface area contributed by atoms with Gasteiger partial charge in [-0.25, -0.2) is 0 Å². The van der Waals surface area contributed by atoms with E-state index in [2.05, 4.69) is 21.2 Å². The molecule has 5 heteroatoms. The maximum Gasteiger partial charge on any atom is 0.309 e. The largest absolute Gasteiger partial charge is 0.481 e. The summed E-state index contributed by atoms with van der Waals surface area (Å²) in [7, 11) is 0. The van der Waals surface area contributed by atoms with E-state index in [0.717, 1.165) is 4.47 Å². The van der Waals surface area contributed by atoms with Crippen molar-refractivity contribution in [3.05, 3.63) is 28.7 Å². The number of carboxylic acids is 1. The van der Waals surface area contributed by atoms with Crippen LogP contribution < -0.4 is 5.32 Å². The molecule has 1 rings (SSSR count). The summed E-state index contributed by atoms with van der Waals surface area (Å²) in [5.74, 6) is -1.29. The van der Waals surface area contributed by atoms with Gasteiger partial charge in [0.2, 0.25) is 5.91 Å². The summed E-state index contributed by atoms with van der Waals surface area (Å²) >= 11 is 3.29. The zero-order valence-corrected chi connectivity index (χ0v) is 11.2. The van der Waals surface area contributed by atoms with Crippen LogP contribution in [0.15, 0.2) is 28.7 Å². The summed E-state index contributed by atoms with van der Waals surface area (Å²) in [6.07, 6.45) is -0.0571. The molecule has 0 spiro atoms. The molecule has 92 valence electrons. The Balaban J connectivity index is 2.62. The maximum atomic E-state index is 11.6. The molecule has 0 aliphatic heterocycles. The van der Waals surface area contributed by atoms with Crippen molar-refractivity contribution < 1.29 is 14.7 Å². The number of amides is 1. The van der Waals surface area contributed by atoms with Crippen LogP contribution in [-0.4, -0.2) is 17.0 Å². The second kappa shape index (κ2) is 5.31. The van der Waals surface area contributed by atoms with Gasteiger partial charge in [0.25, 0.3) is 0 Å². The lowest BCUT2D eigenvalue weighted by atomic mass is 9.89. The Bertz CT molecular complexity index is 426. The maximum absolute atomic E-state index is 11.6. The highest BCUT2D eigenvalue weighted by atomic mass is 79.9. The van der Waals surface area contributed by atoms with E-state index < -0.39 is 11.4 Å². The van der Waals surface area contributed by atoms with Crippen molar-refractivity contribution in [3.63, 3.8) is 0 Å². The standard InChI is InChI=1S/C12H14BrNO3/c1-12(2,11(16)17)7-10(15)14-9-5-3-8(13)4-6-9/h3-6H,7H2,1-2H3,(H,14,15)(H,16,17). The van der Waals surface area contributed by atoms with Gasteiger partial charge in [-0.2, -0.15) is 0 Å². The van der Waals surface area contributed by atoms with Gasteiger partial charge in [-0.3, -0.25) is 9.59 Å². The van der Waals surface area contributed by atoms with Crippen LogP contribution in [0.4, 0.5) is 5.69 Å². The van der Waals surface area contributed by atoms with Crippen LogP contribution >= 0.6 is 15.9 Å². The number of anilines is 1. The Kier molecular flexibility index (Phi) is 4.28. The molecule has 0 saturated carbocycles. The summed E-state index contributed by atoms with van der Waals surface area (Å²) in [5, 5.41) is 11.6. The van der Waals surface area contributed by atoms with Crippen molar-refractivity contribution in [2.45, 2.75) is 20.3 Å². The Morgan fingerprint density at radius 3 is 2.29 bits per heavy atom. The van der Waals surface area contributed by atoms with Gasteiger partial charge in [0.15, 0.2) is 0 Å². The Labute approximate surface area is 108 Å². The lowest BCUT2D eigenvalue weighted by Crippen LogP contribution is -2.29. The molecule has 1 amide bonds. The first-order valence-corrected chi connectivity index (χ1v) is 5.89. The molecule has 0 radical (unpaired) electrons. The van der Waals surface area contributed by atoms with E-state index in [1.54, 1.807) is 24.3 Å². The molecule has 0 bridgehead atoms. The van der Waals surface area contributed by atoms with Gasteiger partial charge < -0.3 is 10.4 Å². The van der Waals surface area contributed by atoms with Gasteiger partial charge in [0.05, 0.1) is 5.41 Å². The van der Waals surface area contributed by atoms with Crippen LogP contribution in [0.1, 0.15) is 20.3 Å². The van der Waals surface area contributed by atoms with E-state index in [4.69, 9.17) is 5.11 Å². The fraction of sp³-hybridized carbons (Fsp3) is 0.333. The number of nitrogens with one attached hydrogen (secondary N) is 1. The first kappa shape index (κ1) is 13.7. The monoisotopic (exact) mass is 299 g/mol.